The van der Waals surface area contributed by atoms with Crippen LogP contribution in [0, 0.1) is 0 Å². The third-order valence-corrected chi connectivity index (χ3v) is 5.64. The van der Waals surface area contributed by atoms with E-state index in [0.29, 0.717) is 0 Å². The molecule has 0 atom stereocenters. The Kier molecular flexibility index (Phi) is 3.60. The molecule has 1 aliphatic rings. The van der Waals surface area contributed by atoms with Crippen LogP contribution in [-0.2, 0) is 0 Å². The smallest absolute Gasteiger partial charge is 0.0601 e. The van der Waals surface area contributed by atoms with E-state index in [1.165, 1.54) is 31.7 Å². The molecule has 0 N–H and O–H groups in total. The minimum absolute atomic E-state index is 1.21. The van der Waals surface area contributed by atoms with E-state index in [0.717, 1.165) is 0 Å². The number of nitrogens with zero attached hydrogens (tertiary/aromatic N) is 1. The summed E-state index contributed by atoms with van der Waals surface area (Å²) in [4.78, 5) is 6.24. The fourth-order valence-corrected chi connectivity index (χ4v) is 4.18. The lowest BCUT2D eigenvalue weighted by Gasteiger charge is -2.32. The zero-order chi connectivity index (χ0) is 14.9. The highest BCUT2D eigenvalue weighted by Gasteiger charge is 2.23. The van der Waals surface area contributed by atoms with Crippen LogP contribution >= 0.6 is 23.5 Å². The molecule has 3 aromatic carbocycles. The van der Waals surface area contributed by atoms with E-state index in [9.17, 15) is 0 Å². The maximum absolute atomic E-state index is 2.35. The Hall–Kier alpha value is -1.84. The van der Waals surface area contributed by atoms with Crippen molar-refractivity contribution in [2.24, 2.45) is 0 Å². The topological polar surface area (TPSA) is 3.24 Å². The van der Waals surface area contributed by atoms with Crippen molar-refractivity contribution in [3.05, 3.63) is 72.8 Å². The Morgan fingerprint density at radius 3 is 1.82 bits per heavy atom. The summed E-state index contributed by atoms with van der Waals surface area (Å²) in [6.07, 6.45) is 2.11. The van der Waals surface area contributed by atoms with Gasteiger partial charge in [0, 0.05) is 20.4 Å². The number of hydrogen-bond acceptors (Lipinski definition) is 3. The van der Waals surface area contributed by atoms with Gasteiger partial charge in [-0.15, -0.1) is 11.8 Å². The van der Waals surface area contributed by atoms with E-state index in [1.54, 1.807) is 11.8 Å². The van der Waals surface area contributed by atoms with Gasteiger partial charge in [0.25, 0.3) is 0 Å². The molecule has 1 aliphatic heterocycles. The largest absolute Gasteiger partial charge is 0.308 e. The highest BCUT2D eigenvalue weighted by atomic mass is 32.2. The number of rotatable bonds is 2. The predicted octanol–water partition coefficient (Wildman–Crippen LogP) is 6.34. The average Bonchev–Trinajstić information content (AvgIpc) is 2.60. The fraction of sp³-hybridized carbons (Fsp3) is 0.0526. The summed E-state index contributed by atoms with van der Waals surface area (Å²) in [7, 11) is 0. The molecule has 0 aromatic heterocycles. The zero-order valence-corrected chi connectivity index (χ0v) is 13.8. The lowest BCUT2D eigenvalue weighted by molar-refractivity contribution is 1.16. The summed E-state index contributed by atoms with van der Waals surface area (Å²) < 4.78 is 0. The Morgan fingerprint density at radius 2 is 1.27 bits per heavy atom. The van der Waals surface area contributed by atoms with E-state index >= 15 is 0 Å². The Bertz CT molecular complexity index is 766. The molecule has 0 radical (unpaired) electrons. The van der Waals surface area contributed by atoms with Crippen LogP contribution in [0.4, 0.5) is 17.1 Å². The Morgan fingerprint density at radius 1 is 0.727 bits per heavy atom. The maximum Gasteiger partial charge on any atom is 0.0601 e. The molecule has 0 aliphatic carbocycles. The molecule has 0 saturated heterocycles. The molecule has 0 spiro atoms. The second-order valence-corrected chi connectivity index (χ2v) is 7.03. The van der Waals surface area contributed by atoms with E-state index in [4.69, 9.17) is 0 Å². The quantitative estimate of drug-likeness (QED) is 0.396. The Labute approximate surface area is 139 Å². The maximum atomic E-state index is 2.35. The fourth-order valence-electron chi connectivity index (χ4n) is 2.71. The van der Waals surface area contributed by atoms with Gasteiger partial charge in [-0.25, -0.2) is 0 Å². The van der Waals surface area contributed by atoms with Gasteiger partial charge in [-0.05, 0) is 54.8 Å². The van der Waals surface area contributed by atoms with E-state index in [-0.39, 0.29) is 0 Å². The van der Waals surface area contributed by atoms with Crippen LogP contribution in [0.5, 0.6) is 0 Å². The molecule has 1 heterocycles. The van der Waals surface area contributed by atoms with Crippen LogP contribution in [0.25, 0.3) is 0 Å². The van der Waals surface area contributed by atoms with Gasteiger partial charge < -0.3 is 4.90 Å². The van der Waals surface area contributed by atoms with Crippen LogP contribution in [0.2, 0.25) is 0 Å². The number of anilines is 3. The third-order valence-electron chi connectivity index (χ3n) is 3.76. The van der Waals surface area contributed by atoms with Gasteiger partial charge in [0.1, 0.15) is 0 Å². The van der Waals surface area contributed by atoms with Gasteiger partial charge >= 0.3 is 0 Å². The molecular weight excluding hydrogens is 306 g/mol. The molecule has 0 unspecified atom stereocenters. The van der Waals surface area contributed by atoms with Crippen molar-refractivity contribution in [3.8, 4) is 0 Å². The number of benzene rings is 3. The van der Waals surface area contributed by atoms with Crippen molar-refractivity contribution in [1.29, 1.82) is 0 Å². The molecule has 3 heteroatoms. The first-order chi connectivity index (χ1) is 10.9. The standard InChI is InChI=1S/C19H15NS2/c1-21-15-12-10-14(11-13-15)20-16-6-2-4-8-18(16)22-19-9-5-3-7-17(19)20/h2-13H,1H3. The molecular formula is C19H15NS2. The monoisotopic (exact) mass is 321 g/mol. The molecule has 4 rings (SSSR count). The average molecular weight is 321 g/mol. The van der Waals surface area contributed by atoms with Crippen molar-refractivity contribution >= 4 is 40.6 Å². The zero-order valence-electron chi connectivity index (χ0n) is 12.2. The van der Waals surface area contributed by atoms with Crippen molar-refractivity contribution in [3.63, 3.8) is 0 Å². The lowest BCUT2D eigenvalue weighted by atomic mass is 10.2. The van der Waals surface area contributed by atoms with Gasteiger partial charge in [0.15, 0.2) is 0 Å². The van der Waals surface area contributed by atoms with Crippen LogP contribution in [-0.4, -0.2) is 6.26 Å². The highest BCUT2D eigenvalue weighted by molar-refractivity contribution is 7.99. The molecule has 22 heavy (non-hydrogen) atoms. The van der Waals surface area contributed by atoms with Crippen LogP contribution in [0.1, 0.15) is 0 Å². The number of hydrogen-bond donors (Lipinski definition) is 0. The molecule has 0 saturated carbocycles. The Balaban J connectivity index is 1.90. The van der Waals surface area contributed by atoms with E-state index < -0.39 is 0 Å². The molecule has 0 amide bonds. The first-order valence-corrected chi connectivity index (χ1v) is 9.21. The molecule has 0 fully saturated rings. The first-order valence-electron chi connectivity index (χ1n) is 7.17. The minimum Gasteiger partial charge on any atom is -0.308 e. The second kappa shape index (κ2) is 5.75. The lowest BCUT2D eigenvalue weighted by Crippen LogP contribution is -2.14. The minimum atomic E-state index is 1.21. The van der Waals surface area contributed by atoms with Crippen LogP contribution in [0.3, 0.4) is 0 Å². The van der Waals surface area contributed by atoms with Gasteiger partial charge in [0.05, 0.1) is 11.4 Å². The van der Waals surface area contributed by atoms with Crippen molar-refractivity contribution < 1.29 is 0 Å². The summed E-state index contributed by atoms with van der Waals surface area (Å²) in [6.45, 7) is 0. The SMILES string of the molecule is CSc1ccc(N2c3ccccc3Sc3ccccc32)cc1. The van der Waals surface area contributed by atoms with E-state index in [1.807, 2.05) is 11.8 Å². The molecule has 108 valence electrons. The van der Waals surface area contributed by atoms with Gasteiger partial charge in [0.2, 0.25) is 0 Å². The molecule has 3 aromatic rings. The number of para-hydroxylation sites is 2. The summed E-state index contributed by atoms with van der Waals surface area (Å²) in [5.41, 5.74) is 3.71. The van der Waals surface area contributed by atoms with Crippen molar-refractivity contribution in [2.75, 3.05) is 11.2 Å². The van der Waals surface area contributed by atoms with Crippen molar-refractivity contribution in [2.45, 2.75) is 14.7 Å². The normalized spacial score (nSPS) is 12.7. The van der Waals surface area contributed by atoms with Crippen LogP contribution < -0.4 is 4.90 Å². The number of thioether (sulfide) groups is 1. The number of fused-ring (bicyclic) bond motifs is 2. The second-order valence-electron chi connectivity index (χ2n) is 5.07. The van der Waals surface area contributed by atoms with Crippen molar-refractivity contribution in [1.82, 2.24) is 0 Å². The highest BCUT2D eigenvalue weighted by Crippen LogP contribution is 2.51. The summed E-state index contributed by atoms with van der Waals surface area (Å²) in [5, 5.41) is 0. The third kappa shape index (κ3) is 2.31. The summed E-state index contributed by atoms with van der Waals surface area (Å²) in [5.74, 6) is 0. The van der Waals surface area contributed by atoms with Gasteiger partial charge in [-0.2, -0.15) is 0 Å². The van der Waals surface area contributed by atoms with Crippen LogP contribution in [0.15, 0.2) is 87.5 Å². The first kappa shape index (κ1) is 13.8. The summed E-state index contributed by atoms with van der Waals surface area (Å²) >= 11 is 3.62. The van der Waals surface area contributed by atoms with Gasteiger partial charge in [-0.1, -0.05) is 36.0 Å². The summed E-state index contributed by atoms with van der Waals surface area (Å²) in [6, 6.07) is 26.0. The molecule has 1 nitrogen and oxygen atoms in total. The van der Waals surface area contributed by atoms with Gasteiger partial charge in [-0.3, -0.25) is 0 Å². The predicted molar refractivity (Wildman–Crippen MR) is 97.0 cm³/mol. The molecule has 0 bridgehead atoms. The van der Waals surface area contributed by atoms with E-state index in [2.05, 4.69) is 84.0 Å².